The van der Waals surface area contributed by atoms with Gasteiger partial charge in [0.05, 0.1) is 12.1 Å². The molecule has 1 aliphatic carbocycles. The lowest BCUT2D eigenvalue weighted by Crippen LogP contribution is -2.29. The fourth-order valence-electron chi connectivity index (χ4n) is 5.15. The van der Waals surface area contributed by atoms with E-state index in [9.17, 15) is 4.79 Å². The highest BCUT2D eigenvalue weighted by Crippen LogP contribution is 2.43. The van der Waals surface area contributed by atoms with Gasteiger partial charge in [0.25, 0.3) is 0 Å². The first-order valence-electron chi connectivity index (χ1n) is 12.1. The third kappa shape index (κ3) is 5.41. The Kier molecular flexibility index (Phi) is 6.88. The summed E-state index contributed by atoms with van der Waals surface area (Å²) in [7, 11) is 0. The van der Waals surface area contributed by atoms with Gasteiger partial charge in [0.15, 0.2) is 0 Å². The van der Waals surface area contributed by atoms with Gasteiger partial charge in [-0.05, 0) is 54.0 Å². The Morgan fingerprint density at radius 2 is 1.77 bits per heavy atom. The molecule has 0 saturated heterocycles. The van der Waals surface area contributed by atoms with E-state index < -0.39 is 12.1 Å². The summed E-state index contributed by atoms with van der Waals surface area (Å²) in [6, 6.07) is 16.0. The van der Waals surface area contributed by atoms with Crippen molar-refractivity contribution in [2.75, 3.05) is 0 Å². The molecule has 7 nitrogen and oxygen atoms in total. The van der Waals surface area contributed by atoms with Crippen molar-refractivity contribution in [2.24, 2.45) is 0 Å². The molecular formula is C27H28ClN3O4. The average Bonchev–Trinajstić information content (AvgIpc) is 3.53. The first-order valence-corrected chi connectivity index (χ1v) is 12.4. The molecular weight excluding hydrogens is 466 g/mol. The van der Waals surface area contributed by atoms with Gasteiger partial charge < -0.3 is 9.63 Å². The van der Waals surface area contributed by atoms with Gasteiger partial charge in [0.1, 0.15) is 6.10 Å². The molecule has 2 aliphatic rings. The number of aryl methyl sites for hydroxylation is 1. The number of carboxylic acid groups (broad SMARTS) is 1. The smallest absolute Gasteiger partial charge is 0.306 e. The zero-order valence-electron chi connectivity index (χ0n) is 19.4. The minimum atomic E-state index is -0.903. The van der Waals surface area contributed by atoms with Crippen molar-refractivity contribution in [2.45, 2.75) is 62.9 Å². The Morgan fingerprint density at radius 3 is 2.49 bits per heavy atom. The van der Waals surface area contributed by atoms with Crippen LogP contribution >= 0.6 is 11.6 Å². The van der Waals surface area contributed by atoms with Crippen LogP contribution in [0.3, 0.4) is 0 Å². The standard InChI is InChI=1S/C27H28ClN3O4/c28-21-10-8-20(9-11-21)27(13-2-1-3-14-27)15-12-24-29-26(31-35-24)19-6-4-18(5-7-19)23-16-22(34-30-23)17-25(32)33/h4-11,16,22,30H,1-3,12-15,17H2,(H,32,33). The molecule has 0 amide bonds. The van der Waals surface area contributed by atoms with Gasteiger partial charge in [-0.3, -0.25) is 15.1 Å². The van der Waals surface area contributed by atoms with Gasteiger partial charge in [-0.25, -0.2) is 0 Å². The van der Waals surface area contributed by atoms with Crippen LogP contribution in [0, 0.1) is 0 Å². The second-order valence-corrected chi connectivity index (χ2v) is 9.81. The molecule has 2 aromatic carbocycles. The van der Waals surface area contributed by atoms with Gasteiger partial charge in [-0.1, -0.05) is 72.4 Å². The lowest BCUT2D eigenvalue weighted by atomic mass is 9.67. The lowest BCUT2D eigenvalue weighted by molar-refractivity contribution is -0.139. The quantitative estimate of drug-likeness (QED) is 0.400. The van der Waals surface area contributed by atoms with Crippen LogP contribution in [0.5, 0.6) is 0 Å². The highest BCUT2D eigenvalue weighted by molar-refractivity contribution is 6.30. The number of nitrogens with zero attached hydrogens (tertiary/aromatic N) is 2. The predicted molar refractivity (Wildman–Crippen MR) is 133 cm³/mol. The number of halogens is 1. The molecule has 35 heavy (non-hydrogen) atoms. The number of carboxylic acids is 1. The van der Waals surface area contributed by atoms with Crippen molar-refractivity contribution in [1.82, 2.24) is 15.6 Å². The fourth-order valence-corrected chi connectivity index (χ4v) is 5.28. The summed E-state index contributed by atoms with van der Waals surface area (Å²) in [4.78, 5) is 20.8. The van der Waals surface area contributed by atoms with E-state index in [1.165, 1.54) is 24.8 Å². The van der Waals surface area contributed by atoms with Gasteiger partial charge >= 0.3 is 5.97 Å². The summed E-state index contributed by atoms with van der Waals surface area (Å²) in [6.07, 6.45) is 8.98. The van der Waals surface area contributed by atoms with E-state index in [2.05, 4.69) is 27.8 Å². The number of aliphatic carboxylic acids is 1. The first-order chi connectivity index (χ1) is 17.0. The molecule has 8 heteroatoms. The van der Waals surface area contributed by atoms with Crippen LogP contribution < -0.4 is 5.48 Å². The predicted octanol–water partition coefficient (Wildman–Crippen LogP) is 5.94. The SMILES string of the molecule is O=C(O)CC1C=C(c2ccc(-c3noc(CCC4(c5ccc(Cl)cc5)CCCCC4)n3)cc2)NO1. The first kappa shape index (κ1) is 23.6. The van der Waals surface area contributed by atoms with Crippen LogP contribution in [-0.4, -0.2) is 27.3 Å². The van der Waals surface area contributed by atoms with Crippen LogP contribution in [0.25, 0.3) is 17.1 Å². The molecule has 1 unspecified atom stereocenters. The Bertz CT molecular complexity index is 1200. The van der Waals surface area contributed by atoms with Crippen molar-refractivity contribution in [3.8, 4) is 11.4 Å². The molecule has 1 aliphatic heterocycles. The third-order valence-electron chi connectivity index (χ3n) is 7.06. The van der Waals surface area contributed by atoms with Gasteiger partial charge in [-0.2, -0.15) is 4.98 Å². The minimum Gasteiger partial charge on any atom is -0.481 e. The van der Waals surface area contributed by atoms with E-state index in [0.717, 1.165) is 47.5 Å². The molecule has 0 bridgehead atoms. The zero-order chi connectivity index (χ0) is 24.3. The lowest BCUT2D eigenvalue weighted by Gasteiger charge is -2.38. The number of hydrogen-bond donors (Lipinski definition) is 2. The molecule has 1 saturated carbocycles. The summed E-state index contributed by atoms with van der Waals surface area (Å²) in [6.45, 7) is 0. The van der Waals surface area contributed by atoms with Gasteiger partial charge in [0, 0.05) is 17.0 Å². The summed E-state index contributed by atoms with van der Waals surface area (Å²) in [5.41, 5.74) is 6.78. The number of carbonyl (C=O) groups is 1. The van der Waals surface area contributed by atoms with Crippen molar-refractivity contribution >= 4 is 23.3 Å². The van der Waals surface area contributed by atoms with Crippen LogP contribution in [0.4, 0.5) is 0 Å². The second-order valence-electron chi connectivity index (χ2n) is 9.37. The minimum absolute atomic E-state index is 0.0838. The van der Waals surface area contributed by atoms with Crippen molar-refractivity contribution < 1.29 is 19.3 Å². The van der Waals surface area contributed by atoms with E-state index in [0.29, 0.717) is 11.7 Å². The summed E-state index contributed by atoms with van der Waals surface area (Å²) >= 11 is 6.13. The van der Waals surface area contributed by atoms with E-state index in [1.807, 2.05) is 36.4 Å². The van der Waals surface area contributed by atoms with Gasteiger partial charge in [-0.15, -0.1) is 0 Å². The number of nitrogens with one attached hydrogen (secondary N) is 1. The molecule has 2 heterocycles. The Hall–Kier alpha value is -3.16. The Balaban J connectivity index is 1.26. The maximum absolute atomic E-state index is 10.9. The van der Waals surface area contributed by atoms with Crippen LogP contribution in [0.1, 0.15) is 62.0 Å². The van der Waals surface area contributed by atoms with E-state index in [4.69, 9.17) is 26.1 Å². The topological polar surface area (TPSA) is 97.5 Å². The second kappa shape index (κ2) is 10.2. The molecule has 1 fully saturated rings. The summed E-state index contributed by atoms with van der Waals surface area (Å²) < 4.78 is 5.61. The number of benzene rings is 2. The summed E-state index contributed by atoms with van der Waals surface area (Å²) in [5, 5.41) is 13.9. The molecule has 3 aromatic rings. The van der Waals surface area contributed by atoms with Crippen molar-refractivity contribution in [3.63, 3.8) is 0 Å². The number of hydroxylamine groups is 1. The third-order valence-corrected chi connectivity index (χ3v) is 7.31. The molecule has 0 radical (unpaired) electrons. The maximum Gasteiger partial charge on any atom is 0.306 e. The monoisotopic (exact) mass is 493 g/mol. The van der Waals surface area contributed by atoms with Crippen LogP contribution in [-0.2, 0) is 21.5 Å². The normalized spacial score (nSPS) is 19.2. The number of aromatic nitrogens is 2. The van der Waals surface area contributed by atoms with E-state index in [-0.39, 0.29) is 11.8 Å². The molecule has 1 aromatic heterocycles. The number of hydrogen-bond acceptors (Lipinski definition) is 6. The maximum atomic E-state index is 10.9. The van der Waals surface area contributed by atoms with Crippen LogP contribution in [0.2, 0.25) is 5.02 Å². The molecule has 182 valence electrons. The summed E-state index contributed by atoms with van der Waals surface area (Å²) in [5.74, 6) is 0.303. The largest absolute Gasteiger partial charge is 0.481 e. The Morgan fingerprint density at radius 1 is 1.06 bits per heavy atom. The molecule has 1 atom stereocenters. The van der Waals surface area contributed by atoms with E-state index in [1.54, 1.807) is 6.08 Å². The van der Waals surface area contributed by atoms with Crippen molar-refractivity contribution in [1.29, 1.82) is 0 Å². The van der Waals surface area contributed by atoms with Crippen molar-refractivity contribution in [3.05, 3.63) is 76.6 Å². The Labute approximate surface area is 209 Å². The zero-order valence-corrected chi connectivity index (χ0v) is 20.1. The molecule has 0 spiro atoms. The molecule has 5 rings (SSSR count). The molecule has 2 N–H and O–H groups in total. The number of rotatable bonds is 8. The van der Waals surface area contributed by atoms with Gasteiger partial charge in [0.2, 0.25) is 11.7 Å². The van der Waals surface area contributed by atoms with Crippen LogP contribution in [0.15, 0.2) is 59.1 Å². The average molecular weight is 494 g/mol. The van der Waals surface area contributed by atoms with E-state index >= 15 is 0 Å². The fraction of sp³-hybridized carbons (Fsp3) is 0.370. The highest BCUT2D eigenvalue weighted by atomic mass is 35.5. The highest BCUT2D eigenvalue weighted by Gasteiger charge is 2.34.